The summed E-state index contributed by atoms with van der Waals surface area (Å²) in [5.41, 5.74) is 2.37. The number of carbonyl (C=O) groups excluding carboxylic acids is 1. The molecular formula is C16H21ClN2O2. The fourth-order valence-corrected chi connectivity index (χ4v) is 3.18. The maximum atomic E-state index is 12.2. The minimum Gasteiger partial charge on any atom is -0.391 e. The first-order chi connectivity index (χ1) is 10.0. The summed E-state index contributed by atoms with van der Waals surface area (Å²) in [6.07, 6.45) is 3.60. The molecule has 0 bridgehead atoms. The lowest BCUT2D eigenvalue weighted by molar-refractivity contribution is 0.112. The maximum Gasteiger partial charge on any atom is 0.317 e. The van der Waals surface area contributed by atoms with Crippen LogP contribution in [0.4, 0.5) is 4.79 Å². The lowest BCUT2D eigenvalue weighted by Crippen LogP contribution is -2.42. The van der Waals surface area contributed by atoms with Crippen LogP contribution >= 0.6 is 11.6 Å². The molecule has 2 atom stereocenters. The van der Waals surface area contributed by atoms with Crippen molar-refractivity contribution in [3.05, 3.63) is 34.3 Å². The van der Waals surface area contributed by atoms with Gasteiger partial charge >= 0.3 is 6.03 Å². The van der Waals surface area contributed by atoms with Gasteiger partial charge in [0.2, 0.25) is 0 Å². The average molecular weight is 309 g/mol. The number of hydrogen-bond acceptors (Lipinski definition) is 2. The Hall–Kier alpha value is -1.26. The molecule has 1 fully saturated rings. The van der Waals surface area contributed by atoms with E-state index in [1.807, 2.05) is 18.2 Å². The first-order valence-electron chi connectivity index (χ1n) is 7.52. The molecule has 4 nitrogen and oxygen atoms in total. The minimum absolute atomic E-state index is 0.0466. The summed E-state index contributed by atoms with van der Waals surface area (Å²) in [5.74, 6) is 0.384. The summed E-state index contributed by atoms with van der Waals surface area (Å²) in [6, 6.07) is 5.76. The van der Waals surface area contributed by atoms with Gasteiger partial charge in [-0.15, -0.1) is 0 Å². The van der Waals surface area contributed by atoms with E-state index in [-0.39, 0.29) is 12.1 Å². The second kappa shape index (κ2) is 5.85. The van der Waals surface area contributed by atoms with E-state index >= 15 is 0 Å². The van der Waals surface area contributed by atoms with Gasteiger partial charge in [-0.1, -0.05) is 17.7 Å². The Morgan fingerprint density at radius 2 is 2.24 bits per heavy atom. The van der Waals surface area contributed by atoms with E-state index in [9.17, 15) is 9.90 Å². The molecule has 5 heteroatoms. The molecule has 2 aliphatic rings. The molecule has 2 amide bonds. The number of likely N-dealkylation sites (N-methyl/N-ethyl adjacent to an activating group) is 1. The number of fused-ring (bicyclic) bond motifs is 1. The van der Waals surface area contributed by atoms with Crippen molar-refractivity contribution in [3.63, 3.8) is 0 Å². The van der Waals surface area contributed by atoms with Crippen LogP contribution in [0, 0.1) is 5.92 Å². The van der Waals surface area contributed by atoms with Gasteiger partial charge in [0.05, 0.1) is 12.1 Å². The number of nitrogens with one attached hydrogen (secondary N) is 1. The molecule has 114 valence electrons. The molecule has 0 radical (unpaired) electrons. The fourth-order valence-electron chi connectivity index (χ4n) is 2.99. The Balaban J connectivity index is 1.58. The highest BCUT2D eigenvalue weighted by Gasteiger charge is 2.32. The van der Waals surface area contributed by atoms with Crippen molar-refractivity contribution in [1.82, 2.24) is 10.2 Å². The van der Waals surface area contributed by atoms with E-state index in [1.165, 1.54) is 5.56 Å². The number of aryl methyl sites for hydroxylation is 1. The third kappa shape index (κ3) is 3.33. The van der Waals surface area contributed by atoms with Crippen LogP contribution in [0.5, 0.6) is 0 Å². The number of rotatable bonds is 4. The quantitative estimate of drug-likeness (QED) is 0.898. The van der Waals surface area contributed by atoms with E-state index in [0.29, 0.717) is 12.5 Å². The molecule has 1 aromatic carbocycles. The number of nitrogens with zero attached hydrogens (tertiary/aromatic N) is 1. The molecule has 1 aromatic rings. The monoisotopic (exact) mass is 308 g/mol. The van der Waals surface area contributed by atoms with Crippen molar-refractivity contribution >= 4 is 17.6 Å². The van der Waals surface area contributed by atoms with E-state index in [2.05, 4.69) is 5.32 Å². The Kier molecular flexibility index (Phi) is 4.09. The van der Waals surface area contributed by atoms with Crippen molar-refractivity contribution < 1.29 is 9.90 Å². The number of hydrogen-bond donors (Lipinski definition) is 2. The first-order valence-corrected chi connectivity index (χ1v) is 7.90. The molecule has 0 spiro atoms. The molecule has 2 aliphatic carbocycles. The molecule has 3 rings (SSSR count). The van der Waals surface area contributed by atoms with Crippen molar-refractivity contribution in [2.24, 2.45) is 5.92 Å². The zero-order valence-electron chi connectivity index (χ0n) is 12.2. The van der Waals surface area contributed by atoms with Crippen LogP contribution < -0.4 is 5.32 Å². The lowest BCUT2D eigenvalue weighted by Gasteiger charge is -2.23. The van der Waals surface area contributed by atoms with Gasteiger partial charge in [-0.25, -0.2) is 4.79 Å². The largest absolute Gasteiger partial charge is 0.391 e. The predicted molar refractivity (Wildman–Crippen MR) is 82.4 cm³/mol. The minimum atomic E-state index is -0.393. The number of aliphatic hydroxyl groups is 1. The van der Waals surface area contributed by atoms with Crippen LogP contribution in [0.3, 0.4) is 0 Å². The molecular weight excluding hydrogens is 288 g/mol. The fraction of sp³-hybridized carbons (Fsp3) is 0.562. The van der Waals surface area contributed by atoms with Gasteiger partial charge in [-0.05, 0) is 54.9 Å². The molecule has 2 N–H and O–H groups in total. The van der Waals surface area contributed by atoms with Crippen LogP contribution in [-0.4, -0.2) is 35.7 Å². The Morgan fingerprint density at radius 3 is 2.95 bits per heavy atom. The molecule has 2 unspecified atom stereocenters. The Labute approximate surface area is 130 Å². The van der Waals surface area contributed by atoms with Gasteiger partial charge in [0.25, 0.3) is 0 Å². The Bertz CT molecular complexity index is 545. The zero-order chi connectivity index (χ0) is 15.0. The SMILES string of the molecule is CN(CC(O)C1CC1)C(=O)NC1CCc2cc(Cl)ccc21. The predicted octanol–water partition coefficient (Wildman–Crippen LogP) is 2.74. The molecule has 0 aromatic heterocycles. The van der Waals surface area contributed by atoms with Crippen LogP contribution in [0.2, 0.25) is 5.02 Å². The number of benzene rings is 1. The summed E-state index contributed by atoms with van der Waals surface area (Å²) in [5, 5.41) is 13.7. The van der Waals surface area contributed by atoms with E-state index in [0.717, 1.165) is 36.3 Å². The van der Waals surface area contributed by atoms with Gasteiger partial charge in [-0.3, -0.25) is 0 Å². The third-order valence-corrected chi connectivity index (χ3v) is 4.69. The summed E-state index contributed by atoms with van der Waals surface area (Å²) < 4.78 is 0. The average Bonchev–Trinajstić information content (AvgIpc) is 3.22. The van der Waals surface area contributed by atoms with Gasteiger partial charge in [0, 0.05) is 18.6 Å². The van der Waals surface area contributed by atoms with E-state index in [1.54, 1.807) is 11.9 Å². The summed E-state index contributed by atoms with van der Waals surface area (Å²) in [7, 11) is 1.73. The highest BCUT2D eigenvalue weighted by Crippen LogP contribution is 2.34. The molecule has 21 heavy (non-hydrogen) atoms. The van der Waals surface area contributed by atoms with Crippen molar-refractivity contribution in [3.8, 4) is 0 Å². The molecule has 0 heterocycles. The van der Waals surface area contributed by atoms with Crippen LogP contribution in [-0.2, 0) is 6.42 Å². The number of aliphatic hydroxyl groups excluding tert-OH is 1. The zero-order valence-corrected chi connectivity index (χ0v) is 12.9. The van der Waals surface area contributed by atoms with Gasteiger partial charge < -0.3 is 15.3 Å². The third-order valence-electron chi connectivity index (χ3n) is 4.45. The Morgan fingerprint density at radius 1 is 1.48 bits per heavy atom. The van der Waals surface area contributed by atoms with Crippen LogP contribution in [0.25, 0.3) is 0 Å². The highest BCUT2D eigenvalue weighted by atomic mass is 35.5. The van der Waals surface area contributed by atoms with Gasteiger partial charge in [0.1, 0.15) is 0 Å². The van der Waals surface area contributed by atoms with Crippen molar-refractivity contribution in [1.29, 1.82) is 0 Å². The number of halogens is 1. The molecule has 1 saturated carbocycles. The summed E-state index contributed by atoms with van der Waals surface area (Å²) >= 11 is 6.00. The number of amides is 2. The van der Waals surface area contributed by atoms with Crippen LogP contribution in [0.1, 0.15) is 36.4 Å². The van der Waals surface area contributed by atoms with Gasteiger partial charge in [0.15, 0.2) is 0 Å². The second-order valence-corrected chi connectivity index (χ2v) is 6.61. The van der Waals surface area contributed by atoms with Crippen molar-refractivity contribution in [2.45, 2.75) is 37.8 Å². The summed E-state index contributed by atoms with van der Waals surface area (Å²) in [6.45, 7) is 0.399. The first kappa shape index (κ1) is 14.7. The van der Waals surface area contributed by atoms with E-state index in [4.69, 9.17) is 11.6 Å². The number of carbonyl (C=O) groups is 1. The van der Waals surface area contributed by atoms with E-state index < -0.39 is 6.10 Å². The highest BCUT2D eigenvalue weighted by molar-refractivity contribution is 6.30. The van der Waals surface area contributed by atoms with Gasteiger partial charge in [-0.2, -0.15) is 0 Å². The standard InChI is InChI=1S/C16H21ClN2O2/c1-19(9-15(20)10-2-3-10)16(21)18-14-7-4-11-8-12(17)5-6-13(11)14/h5-6,8,10,14-15,20H,2-4,7,9H2,1H3,(H,18,21). The normalized spacial score (nSPS) is 21.8. The topological polar surface area (TPSA) is 52.6 Å². The van der Waals surface area contributed by atoms with Crippen LogP contribution in [0.15, 0.2) is 18.2 Å². The second-order valence-electron chi connectivity index (χ2n) is 6.17. The molecule has 0 saturated heterocycles. The lowest BCUT2D eigenvalue weighted by atomic mass is 10.1. The number of urea groups is 1. The maximum absolute atomic E-state index is 12.2. The van der Waals surface area contributed by atoms with Crippen molar-refractivity contribution in [2.75, 3.05) is 13.6 Å². The summed E-state index contributed by atoms with van der Waals surface area (Å²) in [4.78, 5) is 13.8. The molecule has 0 aliphatic heterocycles. The smallest absolute Gasteiger partial charge is 0.317 e.